The van der Waals surface area contributed by atoms with E-state index in [0.29, 0.717) is 19.2 Å². The van der Waals surface area contributed by atoms with Crippen LogP contribution in [0.25, 0.3) is 11.3 Å². The van der Waals surface area contributed by atoms with Crippen molar-refractivity contribution >= 4 is 5.91 Å². The van der Waals surface area contributed by atoms with Crippen molar-refractivity contribution in [1.29, 1.82) is 0 Å². The van der Waals surface area contributed by atoms with Gasteiger partial charge in [0.05, 0.1) is 17.0 Å². The molecule has 4 rings (SSSR count). The number of benzene rings is 1. The zero-order valence-electron chi connectivity index (χ0n) is 14.4. The first kappa shape index (κ1) is 16.3. The smallest absolute Gasteiger partial charge is 0.286 e. The monoisotopic (exact) mass is 349 g/mol. The maximum atomic E-state index is 12.0. The lowest BCUT2D eigenvalue weighted by Crippen LogP contribution is -2.43. The number of carbonyl (C=O) groups is 1. The van der Waals surface area contributed by atoms with Crippen molar-refractivity contribution in [2.24, 2.45) is 0 Å². The van der Waals surface area contributed by atoms with Crippen LogP contribution in [0.2, 0.25) is 0 Å². The van der Waals surface area contributed by atoms with Gasteiger partial charge in [-0.3, -0.25) is 9.89 Å². The Balaban J connectivity index is 1.40. The molecule has 132 valence electrons. The molecule has 0 spiro atoms. The van der Waals surface area contributed by atoms with Crippen LogP contribution < -0.4 is 14.6 Å². The second-order valence-electron chi connectivity index (χ2n) is 6.49. The molecule has 2 N–H and O–H groups in total. The van der Waals surface area contributed by atoms with Gasteiger partial charge in [-0.1, -0.05) is 18.2 Å². The summed E-state index contributed by atoms with van der Waals surface area (Å²) in [6.45, 7) is 0.742. The molecule has 6 nitrogen and oxygen atoms in total. The van der Waals surface area contributed by atoms with Crippen LogP contribution in [0.5, 0.6) is 5.75 Å². The van der Waals surface area contributed by atoms with E-state index >= 15 is 0 Å². The third kappa shape index (κ3) is 4.27. The molecule has 0 atom stereocenters. The number of carbonyl (C=O) groups excluding carboxylic acids is 1. The number of aromatic nitrogens is 3. The van der Waals surface area contributed by atoms with Gasteiger partial charge >= 0.3 is 0 Å². The number of nitrogens with zero attached hydrogens (tertiary/aromatic N) is 2. The third-order valence-corrected chi connectivity index (χ3v) is 4.19. The summed E-state index contributed by atoms with van der Waals surface area (Å²) in [5, 5.41) is 10.4. The molecular weight excluding hydrogens is 328 g/mol. The molecule has 1 fully saturated rings. The van der Waals surface area contributed by atoms with E-state index in [9.17, 15) is 4.79 Å². The van der Waals surface area contributed by atoms with Crippen LogP contribution in [-0.2, 0) is 17.9 Å². The maximum absolute atomic E-state index is 12.0. The fourth-order valence-electron chi connectivity index (χ4n) is 2.70. The highest BCUT2D eigenvalue weighted by Gasteiger charge is 2.24. The van der Waals surface area contributed by atoms with Gasteiger partial charge in [-0.05, 0) is 37.1 Å². The van der Waals surface area contributed by atoms with E-state index in [-0.39, 0.29) is 5.91 Å². The largest absolute Gasteiger partial charge is 0.487 e. The molecule has 1 aromatic carbocycles. The summed E-state index contributed by atoms with van der Waals surface area (Å²) in [6, 6.07) is 15.9. The molecule has 0 unspecified atom stereocenters. The summed E-state index contributed by atoms with van der Waals surface area (Å²) >= 11 is 0. The van der Waals surface area contributed by atoms with E-state index in [1.54, 1.807) is 0 Å². The lowest BCUT2D eigenvalue weighted by Gasteiger charge is -2.03. The maximum Gasteiger partial charge on any atom is 0.286 e. The van der Waals surface area contributed by atoms with Gasteiger partial charge in [0.25, 0.3) is 5.91 Å². The van der Waals surface area contributed by atoms with E-state index in [0.717, 1.165) is 35.5 Å². The molecule has 0 radical (unpaired) electrons. The van der Waals surface area contributed by atoms with Gasteiger partial charge < -0.3 is 10.1 Å². The molecule has 26 heavy (non-hydrogen) atoms. The summed E-state index contributed by atoms with van der Waals surface area (Å²) in [5.41, 5.74) is 2.67. The van der Waals surface area contributed by atoms with Crippen LogP contribution in [0.3, 0.4) is 0 Å². The summed E-state index contributed by atoms with van der Waals surface area (Å²) in [5.74, 6) is 0.872. The molecule has 0 bridgehead atoms. The number of aromatic amines is 1. The number of para-hydroxylation sites is 1. The second kappa shape index (κ2) is 7.39. The Kier molecular flexibility index (Phi) is 4.64. The van der Waals surface area contributed by atoms with E-state index in [1.165, 1.54) is 0 Å². The fourth-order valence-corrected chi connectivity index (χ4v) is 2.70. The number of amides is 1. The minimum atomic E-state index is 0.0497. The highest BCUT2D eigenvalue weighted by molar-refractivity contribution is 5.75. The topological polar surface area (TPSA) is 70.9 Å². The molecule has 2 aromatic heterocycles. The first-order valence-corrected chi connectivity index (χ1v) is 8.77. The molecule has 1 amide bonds. The molecule has 1 aliphatic rings. The number of H-pyrrole nitrogens is 1. The summed E-state index contributed by atoms with van der Waals surface area (Å²) in [4.78, 5) is 12.0. The van der Waals surface area contributed by atoms with Crippen molar-refractivity contribution in [2.45, 2.75) is 32.0 Å². The predicted molar refractivity (Wildman–Crippen MR) is 96.2 cm³/mol. The summed E-state index contributed by atoms with van der Waals surface area (Å²) in [6.07, 6.45) is 6.02. The zero-order chi connectivity index (χ0) is 17.8. The Morgan fingerprint density at radius 1 is 1.23 bits per heavy atom. The summed E-state index contributed by atoms with van der Waals surface area (Å²) < 4.78 is 7.61. The Bertz CT molecular complexity index is 888. The zero-order valence-corrected chi connectivity index (χ0v) is 14.4. The first-order chi connectivity index (χ1) is 12.8. The molecule has 6 heteroatoms. The molecule has 3 aromatic rings. The number of rotatable bonds is 7. The van der Waals surface area contributed by atoms with Crippen molar-refractivity contribution in [1.82, 2.24) is 15.5 Å². The number of hydrogen-bond acceptors (Lipinski definition) is 3. The number of pyridine rings is 1. The van der Waals surface area contributed by atoms with Crippen LogP contribution in [-0.4, -0.2) is 22.1 Å². The van der Waals surface area contributed by atoms with Crippen LogP contribution in [0.4, 0.5) is 0 Å². The Morgan fingerprint density at radius 3 is 2.88 bits per heavy atom. The molecule has 1 aliphatic carbocycles. The number of nitrogens with one attached hydrogen (secondary N) is 2. The van der Waals surface area contributed by atoms with Gasteiger partial charge in [0.2, 0.25) is 6.54 Å². The Morgan fingerprint density at radius 2 is 2.08 bits per heavy atom. The van der Waals surface area contributed by atoms with Gasteiger partial charge in [-0.25, -0.2) is 0 Å². The number of hydrogen-bond donors (Lipinski definition) is 2. The minimum Gasteiger partial charge on any atom is -0.487 e. The summed E-state index contributed by atoms with van der Waals surface area (Å²) in [7, 11) is 0. The van der Waals surface area contributed by atoms with Crippen LogP contribution in [0.1, 0.15) is 18.5 Å². The van der Waals surface area contributed by atoms with Crippen molar-refractivity contribution in [3.05, 3.63) is 66.6 Å². The van der Waals surface area contributed by atoms with E-state index in [2.05, 4.69) is 15.5 Å². The Hall–Kier alpha value is -3.15. The average molecular weight is 349 g/mol. The quantitative estimate of drug-likeness (QED) is 0.643. The van der Waals surface area contributed by atoms with E-state index in [1.807, 2.05) is 65.5 Å². The van der Waals surface area contributed by atoms with Gasteiger partial charge in [-0.15, -0.1) is 0 Å². The van der Waals surface area contributed by atoms with E-state index < -0.39 is 0 Å². The minimum absolute atomic E-state index is 0.0497. The normalized spacial score (nSPS) is 13.4. The SMILES string of the molecule is O=C(C[n+]1cccc(-c2cc(COc3ccccc3)[nH]n2)c1)NC1CC1. The molecular formula is C20H21N4O2+. The molecule has 1 saturated carbocycles. The molecule has 2 heterocycles. The Labute approximate surface area is 151 Å². The second-order valence-corrected chi connectivity index (χ2v) is 6.49. The van der Waals surface area contributed by atoms with E-state index in [4.69, 9.17) is 4.74 Å². The molecule has 0 aliphatic heterocycles. The lowest BCUT2D eigenvalue weighted by atomic mass is 10.2. The van der Waals surface area contributed by atoms with Crippen LogP contribution in [0.15, 0.2) is 60.9 Å². The van der Waals surface area contributed by atoms with Crippen LogP contribution in [0, 0.1) is 0 Å². The van der Waals surface area contributed by atoms with Crippen molar-refractivity contribution in [2.75, 3.05) is 0 Å². The standard InChI is InChI=1S/C20H20N4O2/c25-20(21-16-8-9-16)13-24-10-4-5-15(12-24)19-11-17(22-23-19)14-26-18-6-2-1-3-7-18/h1-7,10-12,16H,8-9,13-14H2,(H-,21,22,23,25)/p+1. The van der Waals surface area contributed by atoms with Crippen LogP contribution >= 0.6 is 0 Å². The van der Waals surface area contributed by atoms with Gasteiger partial charge in [0.1, 0.15) is 12.4 Å². The first-order valence-electron chi connectivity index (χ1n) is 8.77. The van der Waals surface area contributed by atoms with Crippen molar-refractivity contribution in [3.63, 3.8) is 0 Å². The lowest BCUT2D eigenvalue weighted by molar-refractivity contribution is -0.684. The highest BCUT2D eigenvalue weighted by atomic mass is 16.5. The number of ether oxygens (including phenoxy) is 1. The van der Waals surface area contributed by atoms with Gasteiger partial charge in [-0.2, -0.15) is 9.67 Å². The fraction of sp³-hybridized carbons (Fsp3) is 0.250. The third-order valence-electron chi connectivity index (χ3n) is 4.19. The predicted octanol–water partition coefficient (Wildman–Crippen LogP) is 2.22. The van der Waals surface area contributed by atoms with Gasteiger partial charge in [0.15, 0.2) is 12.4 Å². The average Bonchev–Trinajstić information content (AvgIpc) is 3.34. The molecule has 0 saturated heterocycles. The highest BCUT2D eigenvalue weighted by Crippen LogP contribution is 2.19. The van der Waals surface area contributed by atoms with Crippen molar-refractivity contribution < 1.29 is 14.1 Å². The van der Waals surface area contributed by atoms with Gasteiger partial charge in [0, 0.05) is 12.1 Å². The van der Waals surface area contributed by atoms with Crippen molar-refractivity contribution in [3.8, 4) is 17.0 Å².